The predicted molar refractivity (Wildman–Crippen MR) is 80.1 cm³/mol. The van der Waals surface area contributed by atoms with E-state index in [0.717, 1.165) is 32.1 Å². The maximum Gasteiger partial charge on any atom is 0.106 e. The second-order valence-corrected chi connectivity index (χ2v) is 6.29. The summed E-state index contributed by atoms with van der Waals surface area (Å²) in [5.74, 6) is 0.729. The van der Waals surface area contributed by atoms with Crippen molar-refractivity contribution in [2.45, 2.75) is 43.7 Å². The Morgan fingerprint density at radius 1 is 1.35 bits per heavy atom. The first kappa shape index (κ1) is 14.1. The summed E-state index contributed by atoms with van der Waals surface area (Å²) >= 11 is 0. The van der Waals surface area contributed by atoms with Crippen molar-refractivity contribution in [3.05, 3.63) is 35.4 Å². The van der Waals surface area contributed by atoms with Gasteiger partial charge in [-0.1, -0.05) is 24.3 Å². The van der Waals surface area contributed by atoms with Gasteiger partial charge in [-0.3, -0.25) is 0 Å². The molecule has 1 aliphatic carbocycles. The van der Waals surface area contributed by atoms with E-state index in [0.29, 0.717) is 6.04 Å². The fraction of sp³-hybridized carbons (Fsp3) is 0.647. The maximum atomic E-state index is 5.66. The smallest absolute Gasteiger partial charge is 0.106 e. The molecule has 3 heteroatoms. The van der Waals surface area contributed by atoms with Gasteiger partial charge in [-0.05, 0) is 36.8 Å². The van der Waals surface area contributed by atoms with Gasteiger partial charge in [0.25, 0.3) is 0 Å². The van der Waals surface area contributed by atoms with Crippen LogP contribution in [0.1, 0.15) is 36.3 Å². The largest absolute Gasteiger partial charge is 0.378 e. The molecule has 20 heavy (non-hydrogen) atoms. The van der Waals surface area contributed by atoms with Crippen molar-refractivity contribution in [1.29, 1.82) is 0 Å². The Morgan fingerprint density at radius 2 is 2.15 bits per heavy atom. The number of benzene rings is 1. The Hall–Kier alpha value is -0.900. The highest BCUT2D eigenvalue weighted by atomic mass is 16.5. The molecule has 1 N–H and O–H groups in total. The zero-order chi connectivity index (χ0) is 14.0. The molecule has 1 aliphatic heterocycles. The predicted octanol–water partition coefficient (Wildman–Crippen LogP) is 2.64. The maximum absolute atomic E-state index is 5.66. The van der Waals surface area contributed by atoms with E-state index in [2.05, 4.69) is 36.5 Å². The summed E-state index contributed by atoms with van der Waals surface area (Å²) in [5, 5.41) is 3.67. The summed E-state index contributed by atoms with van der Waals surface area (Å²) in [6.07, 6.45) is 3.49. The van der Waals surface area contributed by atoms with Gasteiger partial charge in [0.15, 0.2) is 0 Å². The molecule has 1 atom stereocenters. The third-order valence-corrected chi connectivity index (χ3v) is 4.98. The van der Waals surface area contributed by atoms with Crippen LogP contribution in [-0.2, 0) is 9.47 Å². The Morgan fingerprint density at radius 3 is 2.80 bits per heavy atom. The average molecular weight is 275 g/mol. The van der Waals surface area contributed by atoms with Crippen molar-refractivity contribution in [2.24, 2.45) is 0 Å². The minimum absolute atomic E-state index is 0.0895. The first-order chi connectivity index (χ1) is 9.72. The lowest BCUT2D eigenvalue weighted by molar-refractivity contribution is -0.0196. The highest BCUT2D eigenvalue weighted by molar-refractivity contribution is 5.31. The average Bonchev–Trinajstić information content (AvgIpc) is 2.88. The molecule has 0 amide bonds. The summed E-state index contributed by atoms with van der Waals surface area (Å²) < 4.78 is 11.1. The van der Waals surface area contributed by atoms with Gasteiger partial charge < -0.3 is 14.8 Å². The molecule has 1 saturated heterocycles. The Labute approximate surface area is 121 Å². The van der Waals surface area contributed by atoms with Gasteiger partial charge in [-0.2, -0.15) is 0 Å². The number of rotatable bonds is 5. The first-order valence-corrected chi connectivity index (χ1v) is 7.64. The quantitative estimate of drug-likeness (QED) is 0.896. The Balaban J connectivity index is 1.48. The summed E-state index contributed by atoms with van der Waals surface area (Å²) in [4.78, 5) is 0. The van der Waals surface area contributed by atoms with Crippen molar-refractivity contribution >= 4 is 0 Å². The molecular weight excluding hydrogens is 250 g/mol. The number of hydrogen-bond donors (Lipinski definition) is 1. The van der Waals surface area contributed by atoms with Crippen molar-refractivity contribution in [2.75, 3.05) is 26.9 Å². The molecule has 110 valence electrons. The number of aryl methyl sites for hydroxylation is 1. The van der Waals surface area contributed by atoms with E-state index < -0.39 is 0 Å². The van der Waals surface area contributed by atoms with Gasteiger partial charge in [0.2, 0.25) is 0 Å². The van der Waals surface area contributed by atoms with E-state index in [-0.39, 0.29) is 5.60 Å². The highest BCUT2D eigenvalue weighted by Crippen LogP contribution is 2.38. The lowest BCUT2D eigenvalue weighted by Gasteiger charge is -2.39. The second-order valence-electron chi connectivity index (χ2n) is 6.29. The monoisotopic (exact) mass is 275 g/mol. The van der Waals surface area contributed by atoms with Crippen LogP contribution < -0.4 is 5.32 Å². The van der Waals surface area contributed by atoms with Crippen LogP contribution in [0.4, 0.5) is 0 Å². The van der Waals surface area contributed by atoms with Crippen LogP contribution in [0.5, 0.6) is 0 Å². The molecule has 1 heterocycles. The van der Waals surface area contributed by atoms with Crippen LogP contribution in [0.3, 0.4) is 0 Å². The van der Waals surface area contributed by atoms with Crippen molar-refractivity contribution in [3.63, 3.8) is 0 Å². The van der Waals surface area contributed by atoms with Crippen molar-refractivity contribution in [1.82, 2.24) is 5.32 Å². The van der Waals surface area contributed by atoms with Crippen LogP contribution in [0.25, 0.3) is 0 Å². The highest BCUT2D eigenvalue weighted by Gasteiger charge is 2.37. The van der Waals surface area contributed by atoms with Gasteiger partial charge in [-0.15, -0.1) is 0 Å². The van der Waals surface area contributed by atoms with Gasteiger partial charge in [-0.25, -0.2) is 0 Å². The molecule has 3 nitrogen and oxygen atoms in total. The third-order valence-electron chi connectivity index (χ3n) is 4.98. The van der Waals surface area contributed by atoms with Crippen LogP contribution in [-0.4, -0.2) is 38.5 Å². The lowest BCUT2D eigenvalue weighted by atomic mass is 9.74. The van der Waals surface area contributed by atoms with Crippen LogP contribution >= 0.6 is 0 Å². The third kappa shape index (κ3) is 2.76. The zero-order valence-electron chi connectivity index (χ0n) is 12.5. The molecule has 2 fully saturated rings. The van der Waals surface area contributed by atoms with Gasteiger partial charge in [0.1, 0.15) is 5.60 Å². The minimum atomic E-state index is -0.0895. The zero-order valence-corrected chi connectivity index (χ0v) is 12.5. The number of hydrogen-bond acceptors (Lipinski definition) is 3. The second kappa shape index (κ2) is 5.84. The van der Waals surface area contributed by atoms with E-state index in [4.69, 9.17) is 9.47 Å². The molecular formula is C17H25NO2. The molecule has 3 rings (SSSR count). The topological polar surface area (TPSA) is 30.5 Å². The Bertz CT molecular complexity index is 448. The number of nitrogens with one attached hydrogen (secondary N) is 1. The van der Waals surface area contributed by atoms with E-state index in [1.54, 1.807) is 7.11 Å². The summed E-state index contributed by atoms with van der Waals surface area (Å²) in [5.41, 5.74) is 2.86. The normalized spacial score (nSPS) is 33.1. The molecule has 0 spiro atoms. The van der Waals surface area contributed by atoms with E-state index in [1.165, 1.54) is 24.0 Å². The molecule has 2 aliphatic rings. The number of methoxy groups -OCH3 is 1. The molecule has 1 aromatic rings. The Kier molecular flexibility index (Phi) is 4.11. The van der Waals surface area contributed by atoms with Crippen molar-refractivity contribution < 1.29 is 9.47 Å². The fourth-order valence-corrected chi connectivity index (χ4v) is 3.37. The molecule has 1 aromatic carbocycles. The fourth-order valence-electron chi connectivity index (χ4n) is 3.37. The molecule has 0 bridgehead atoms. The van der Waals surface area contributed by atoms with Crippen molar-refractivity contribution in [3.8, 4) is 0 Å². The standard InChI is InChI=1S/C17H25NO2/c1-13-5-3-4-6-16(13)14-9-15(10-14)18-11-17(19-2)7-8-20-12-17/h3-6,14-15,18H,7-12H2,1-2H3. The summed E-state index contributed by atoms with van der Waals surface area (Å²) in [6.45, 7) is 4.68. The molecule has 0 aromatic heterocycles. The van der Waals surface area contributed by atoms with Gasteiger partial charge in [0.05, 0.1) is 6.61 Å². The van der Waals surface area contributed by atoms with Crippen LogP contribution in [0.15, 0.2) is 24.3 Å². The summed E-state index contributed by atoms with van der Waals surface area (Å²) in [6, 6.07) is 9.39. The lowest BCUT2D eigenvalue weighted by Crippen LogP contribution is -2.49. The molecule has 1 saturated carbocycles. The molecule has 1 unspecified atom stereocenters. The van der Waals surface area contributed by atoms with E-state index >= 15 is 0 Å². The van der Waals surface area contributed by atoms with Gasteiger partial charge in [0, 0.05) is 32.7 Å². The minimum Gasteiger partial charge on any atom is -0.378 e. The van der Waals surface area contributed by atoms with Gasteiger partial charge >= 0.3 is 0 Å². The molecule has 0 radical (unpaired) electrons. The van der Waals surface area contributed by atoms with E-state index in [1.807, 2.05) is 0 Å². The van der Waals surface area contributed by atoms with Crippen LogP contribution in [0.2, 0.25) is 0 Å². The summed E-state index contributed by atoms with van der Waals surface area (Å²) in [7, 11) is 1.80. The first-order valence-electron chi connectivity index (χ1n) is 7.64. The van der Waals surface area contributed by atoms with Crippen LogP contribution in [0, 0.1) is 6.92 Å². The number of ether oxygens (including phenoxy) is 2. The SMILES string of the molecule is COC1(CNC2CC(c3ccccc3C)C2)CCOC1. The van der Waals surface area contributed by atoms with E-state index in [9.17, 15) is 0 Å².